The number of fused-ring (bicyclic) bond motifs is 1. The molecule has 2 rings (SSSR count). The molecule has 0 aliphatic heterocycles. The molecule has 16 heavy (non-hydrogen) atoms. The number of rotatable bonds is 3. The van der Waals surface area contributed by atoms with Crippen LogP contribution in [0.5, 0.6) is 0 Å². The van der Waals surface area contributed by atoms with Crippen LogP contribution in [-0.2, 0) is 11.3 Å². The van der Waals surface area contributed by atoms with Gasteiger partial charge in [-0.2, -0.15) is 0 Å². The zero-order valence-corrected chi connectivity index (χ0v) is 9.87. The molecule has 0 saturated carbocycles. The highest BCUT2D eigenvalue weighted by molar-refractivity contribution is 7.80. The molecule has 0 radical (unpaired) electrons. The number of benzene rings is 2. The van der Waals surface area contributed by atoms with Crippen molar-refractivity contribution in [1.29, 1.82) is 0 Å². The fraction of sp³-hybridized carbons (Fsp3) is 0.0909. The highest BCUT2D eigenvalue weighted by atomic mass is 35.5. The van der Waals surface area contributed by atoms with Gasteiger partial charge in [0.15, 0.2) is 0 Å². The van der Waals surface area contributed by atoms with Gasteiger partial charge in [-0.25, -0.2) is 0 Å². The Labute approximate surface area is 101 Å². The molecule has 0 heterocycles. The summed E-state index contributed by atoms with van der Waals surface area (Å²) < 4.78 is 23.1. The molecule has 0 saturated heterocycles. The second-order valence-electron chi connectivity index (χ2n) is 3.21. The molecule has 2 aromatic carbocycles. The maximum Gasteiger partial charge on any atom is 0.105 e. The van der Waals surface area contributed by atoms with E-state index in [1.54, 1.807) is 6.07 Å². The summed E-state index contributed by atoms with van der Waals surface area (Å²) in [6.07, 6.45) is 0. The summed E-state index contributed by atoms with van der Waals surface area (Å²) >= 11 is 3.27. The van der Waals surface area contributed by atoms with E-state index in [0.717, 1.165) is 15.1 Å². The van der Waals surface area contributed by atoms with E-state index in [4.69, 9.17) is 11.6 Å². The lowest BCUT2D eigenvalue weighted by Gasteiger charge is -2.24. The van der Waals surface area contributed by atoms with Crippen molar-refractivity contribution in [2.24, 2.45) is 0 Å². The molecule has 0 bridgehead atoms. The monoisotopic (exact) mass is 254 g/mol. The van der Waals surface area contributed by atoms with Crippen molar-refractivity contribution in [2.45, 2.75) is 0 Å². The summed E-state index contributed by atoms with van der Waals surface area (Å²) in [4.78, 5) is 0. The van der Waals surface area contributed by atoms with Crippen LogP contribution in [-0.4, -0.2) is 14.8 Å². The summed E-state index contributed by atoms with van der Waals surface area (Å²) in [5.74, 6) is 0. The van der Waals surface area contributed by atoms with Gasteiger partial charge >= 0.3 is 0 Å². The molecule has 0 aliphatic carbocycles. The molecule has 84 valence electrons. The number of nitrogens with zero attached hydrogens (tertiary/aromatic N) is 1. The molecule has 3 nitrogen and oxygen atoms in total. The Bertz CT molecular complexity index is 527. The lowest BCUT2D eigenvalue weighted by atomic mass is 10.1. The summed E-state index contributed by atoms with van der Waals surface area (Å²) in [5, 5.41) is 1.86. The van der Waals surface area contributed by atoms with Crippen LogP contribution >= 0.6 is 11.6 Å². The predicted molar refractivity (Wildman–Crippen MR) is 66.1 cm³/mol. The molecule has 0 spiro atoms. The Balaban J connectivity index is 2.63. The Morgan fingerprint density at radius 2 is 1.88 bits per heavy atom. The molecule has 1 unspecified atom stereocenters. The van der Waals surface area contributed by atoms with Crippen molar-refractivity contribution < 1.29 is 8.76 Å². The third-order valence-electron chi connectivity index (χ3n) is 2.32. The minimum Gasteiger partial charge on any atom is -0.755 e. The summed E-state index contributed by atoms with van der Waals surface area (Å²) in [5.41, 5.74) is 0.599. The molecule has 0 N–H and O–H groups in total. The highest BCUT2D eigenvalue weighted by Gasteiger charge is 2.08. The molecule has 5 heteroatoms. The Morgan fingerprint density at radius 1 is 1.19 bits per heavy atom. The van der Waals surface area contributed by atoms with Crippen molar-refractivity contribution in [2.75, 3.05) is 10.3 Å². The van der Waals surface area contributed by atoms with Crippen LogP contribution in [0.4, 0.5) is 5.69 Å². The van der Waals surface area contributed by atoms with Gasteiger partial charge in [0.2, 0.25) is 0 Å². The van der Waals surface area contributed by atoms with E-state index in [-0.39, 0.29) is 6.00 Å². The molecule has 0 aromatic heterocycles. The van der Waals surface area contributed by atoms with E-state index < -0.39 is 11.3 Å². The average Bonchev–Trinajstić information content (AvgIpc) is 2.30. The molecular formula is C11H9ClNO2S-. The maximum absolute atomic E-state index is 11.0. The minimum atomic E-state index is -2.36. The van der Waals surface area contributed by atoms with E-state index in [1.165, 1.54) is 0 Å². The van der Waals surface area contributed by atoms with Gasteiger partial charge in [-0.1, -0.05) is 36.4 Å². The van der Waals surface area contributed by atoms with E-state index >= 15 is 0 Å². The summed E-state index contributed by atoms with van der Waals surface area (Å²) in [7, 11) is 0. The second-order valence-corrected chi connectivity index (χ2v) is 4.33. The van der Waals surface area contributed by atoms with Gasteiger partial charge in [0, 0.05) is 16.7 Å². The van der Waals surface area contributed by atoms with E-state index in [1.807, 2.05) is 36.4 Å². The second kappa shape index (κ2) is 4.82. The van der Waals surface area contributed by atoms with Gasteiger partial charge in [-0.15, -0.1) is 11.6 Å². The smallest absolute Gasteiger partial charge is 0.105 e. The van der Waals surface area contributed by atoms with Crippen LogP contribution in [0.1, 0.15) is 0 Å². The molecule has 1 atom stereocenters. The molecule has 0 aliphatic rings. The molecule has 0 fully saturated rings. The largest absolute Gasteiger partial charge is 0.755 e. The number of hydrogen-bond donors (Lipinski definition) is 0. The third kappa shape index (κ3) is 2.04. The fourth-order valence-electron chi connectivity index (χ4n) is 1.61. The van der Waals surface area contributed by atoms with Gasteiger partial charge in [0.05, 0.1) is 5.69 Å². The van der Waals surface area contributed by atoms with Gasteiger partial charge in [0.25, 0.3) is 0 Å². The fourth-order valence-corrected chi connectivity index (χ4v) is 2.38. The van der Waals surface area contributed by atoms with E-state index in [9.17, 15) is 8.76 Å². The lowest BCUT2D eigenvalue weighted by molar-refractivity contribution is 0.535. The van der Waals surface area contributed by atoms with Crippen LogP contribution in [0.15, 0.2) is 42.5 Å². The van der Waals surface area contributed by atoms with Crippen molar-refractivity contribution in [3.8, 4) is 0 Å². The van der Waals surface area contributed by atoms with Crippen molar-refractivity contribution >= 4 is 39.3 Å². The lowest BCUT2D eigenvalue weighted by Crippen LogP contribution is -2.23. The topological polar surface area (TPSA) is 43.4 Å². The quantitative estimate of drug-likeness (QED) is 0.480. The first-order valence-corrected chi connectivity index (χ1v) is 6.21. The average molecular weight is 255 g/mol. The van der Waals surface area contributed by atoms with Crippen LogP contribution in [0.2, 0.25) is 0 Å². The molecular weight excluding hydrogens is 246 g/mol. The van der Waals surface area contributed by atoms with E-state index in [2.05, 4.69) is 0 Å². The molecule has 2 aromatic rings. The molecule has 0 amide bonds. The first kappa shape index (κ1) is 11.4. The first-order chi connectivity index (χ1) is 7.74. The zero-order chi connectivity index (χ0) is 11.5. The Hall–Kier alpha value is -1.10. The van der Waals surface area contributed by atoms with Gasteiger partial charge in [0.1, 0.15) is 6.00 Å². The predicted octanol–water partition coefficient (Wildman–Crippen LogP) is 2.64. The maximum atomic E-state index is 11.0. The van der Waals surface area contributed by atoms with Crippen LogP contribution in [0.3, 0.4) is 0 Å². The standard InChI is InChI=1S/C11H10ClNO2S/c12-8-13(16(14)15)11-7-3-5-9-4-1-2-6-10(9)11/h1-7H,8H2,(H,14,15)/p-1. The number of alkyl halides is 1. The normalized spacial score (nSPS) is 12.6. The minimum absolute atomic E-state index is 0.0931. The van der Waals surface area contributed by atoms with Crippen LogP contribution < -0.4 is 4.31 Å². The van der Waals surface area contributed by atoms with Gasteiger partial charge in [-0.3, -0.25) is 8.51 Å². The number of anilines is 1. The zero-order valence-electron chi connectivity index (χ0n) is 8.30. The van der Waals surface area contributed by atoms with Crippen LogP contribution in [0.25, 0.3) is 10.8 Å². The number of hydrogen-bond acceptors (Lipinski definition) is 2. The van der Waals surface area contributed by atoms with Gasteiger partial charge in [-0.05, 0) is 11.5 Å². The van der Waals surface area contributed by atoms with Gasteiger partial charge < -0.3 is 4.55 Å². The Morgan fingerprint density at radius 3 is 2.56 bits per heavy atom. The number of halogens is 1. The van der Waals surface area contributed by atoms with Crippen molar-refractivity contribution in [1.82, 2.24) is 0 Å². The van der Waals surface area contributed by atoms with Crippen molar-refractivity contribution in [3.05, 3.63) is 42.5 Å². The summed E-state index contributed by atoms with van der Waals surface area (Å²) in [6, 6.07) is 13.0. The van der Waals surface area contributed by atoms with Crippen molar-refractivity contribution in [3.63, 3.8) is 0 Å². The summed E-state index contributed by atoms with van der Waals surface area (Å²) in [6.45, 7) is 0. The first-order valence-electron chi connectivity index (χ1n) is 4.64. The third-order valence-corrected chi connectivity index (χ3v) is 3.39. The highest BCUT2D eigenvalue weighted by Crippen LogP contribution is 2.27. The SMILES string of the molecule is O=S([O-])N(CCl)c1cccc2ccccc12. The Kier molecular flexibility index (Phi) is 3.43. The van der Waals surface area contributed by atoms with E-state index in [0.29, 0.717) is 5.69 Å². The van der Waals surface area contributed by atoms with Crippen LogP contribution in [0, 0.1) is 0 Å².